The maximum atomic E-state index is 12.9. The second-order valence-corrected chi connectivity index (χ2v) is 11.5. The van der Waals surface area contributed by atoms with Crippen molar-refractivity contribution in [2.45, 2.75) is 82.8 Å². The third kappa shape index (κ3) is 2.91. The van der Waals surface area contributed by atoms with Crippen LogP contribution in [0.1, 0.15) is 76.7 Å². The average molecular weight is 445 g/mol. The number of fused-ring (bicyclic) bond motifs is 5. The normalized spacial score (nSPS) is 47.8. The van der Waals surface area contributed by atoms with Gasteiger partial charge in [-0.15, -0.1) is 0 Å². The molecule has 0 amide bonds. The zero-order valence-corrected chi connectivity index (χ0v) is 19.4. The first-order valence-electron chi connectivity index (χ1n) is 12.2. The van der Waals surface area contributed by atoms with Crippen LogP contribution in [0.25, 0.3) is 0 Å². The minimum absolute atomic E-state index is 0.116. The Hall–Kier alpha value is -1.66. The highest BCUT2D eigenvalue weighted by molar-refractivity contribution is 5.75. The summed E-state index contributed by atoms with van der Waals surface area (Å²) in [6.45, 7) is 4.50. The van der Waals surface area contributed by atoms with Crippen LogP contribution in [0.4, 0.5) is 0 Å². The highest BCUT2D eigenvalue weighted by atomic mass is 16.5. The van der Waals surface area contributed by atoms with Crippen molar-refractivity contribution in [2.75, 3.05) is 7.11 Å². The molecule has 0 radical (unpaired) electrons. The van der Waals surface area contributed by atoms with Gasteiger partial charge >= 0.3 is 11.6 Å². The maximum absolute atomic E-state index is 12.9. The number of aliphatic hydroxyl groups excluding tert-OH is 1. The SMILES string of the molecule is COC(=O)[C@H]1C[C@]2(O)[C@@H]3CC[C@@H]4C[C@H](O)CC[C@]4(C)[C@@H]3CC[C@]2(C)[C@H]1c1ccc(=O)oc1. The van der Waals surface area contributed by atoms with Gasteiger partial charge in [0, 0.05) is 17.4 Å². The molecule has 4 fully saturated rings. The van der Waals surface area contributed by atoms with Crippen LogP contribution >= 0.6 is 0 Å². The third-order valence-corrected chi connectivity index (χ3v) is 10.4. The summed E-state index contributed by atoms with van der Waals surface area (Å²) >= 11 is 0. The van der Waals surface area contributed by atoms with Crippen molar-refractivity contribution >= 4 is 5.97 Å². The zero-order valence-electron chi connectivity index (χ0n) is 19.4. The monoisotopic (exact) mass is 444 g/mol. The molecule has 0 bridgehead atoms. The fourth-order valence-corrected chi connectivity index (χ4v) is 8.80. The first-order valence-corrected chi connectivity index (χ1v) is 12.2. The Balaban J connectivity index is 1.56. The van der Waals surface area contributed by atoms with Crippen LogP contribution in [-0.4, -0.2) is 35.0 Å². The van der Waals surface area contributed by atoms with Gasteiger partial charge in [0.05, 0.1) is 31.0 Å². The van der Waals surface area contributed by atoms with Gasteiger partial charge in [0.25, 0.3) is 0 Å². The van der Waals surface area contributed by atoms with Crippen molar-refractivity contribution in [3.05, 3.63) is 34.4 Å². The molecule has 5 rings (SSSR count). The van der Waals surface area contributed by atoms with E-state index in [1.807, 2.05) is 0 Å². The summed E-state index contributed by atoms with van der Waals surface area (Å²) < 4.78 is 10.4. The molecule has 1 aromatic rings. The van der Waals surface area contributed by atoms with E-state index in [0.29, 0.717) is 18.3 Å². The zero-order chi connectivity index (χ0) is 22.9. The predicted molar refractivity (Wildman–Crippen MR) is 118 cm³/mol. The topological polar surface area (TPSA) is 97.0 Å². The van der Waals surface area contributed by atoms with E-state index in [1.54, 1.807) is 6.07 Å². The van der Waals surface area contributed by atoms with E-state index >= 15 is 0 Å². The lowest BCUT2D eigenvalue weighted by Gasteiger charge is -2.63. The Morgan fingerprint density at radius 2 is 1.91 bits per heavy atom. The molecule has 1 heterocycles. The molecule has 0 spiro atoms. The number of carbonyl (C=O) groups excluding carboxylic acids is 1. The van der Waals surface area contributed by atoms with E-state index < -0.39 is 22.6 Å². The lowest BCUT2D eigenvalue weighted by molar-refractivity contribution is -0.205. The second kappa shape index (κ2) is 7.42. The Morgan fingerprint density at radius 3 is 2.59 bits per heavy atom. The number of hydrogen-bond donors (Lipinski definition) is 2. The number of carbonyl (C=O) groups is 1. The van der Waals surface area contributed by atoms with Gasteiger partial charge in [-0.3, -0.25) is 4.79 Å². The van der Waals surface area contributed by atoms with E-state index in [1.165, 1.54) is 19.4 Å². The smallest absolute Gasteiger partial charge is 0.335 e. The lowest BCUT2D eigenvalue weighted by atomic mass is 9.43. The van der Waals surface area contributed by atoms with Crippen LogP contribution < -0.4 is 5.63 Å². The van der Waals surface area contributed by atoms with E-state index in [0.717, 1.165) is 50.5 Å². The molecule has 4 aliphatic rings. The minimum atomic E-state index is -0.986. The van der Waals surface area contributed by atoms with Crippen molar-refractivity contribution in [1.29, 1.82) is 0 Å². The van der Waals surface area contributed by atoms with Crippen molar-refractivity contribution < 1.29 is 24.2 Å². The van der Waals surface area contributed by atoms with E-state index in [-0.39, 0.29) is 29.3 Å². The molecule has 1 aromatic heterocycles. The van der Waals surface area contributed by atoms with Gasteiger partial charge in [0.2, 0.25) is 0 Å². The predicted octanol–water partition coefficient (Wildman–Crippen LogP) is 3.64. The maximum Gasteiger partial charge on any atom is 0.335 e. The number of aliphatic hydroxyl groups is 2. The molecule has 0 unspecified atom stereocenters. The summed E-state index contributed by atoms with van der Waals surface area (Å²) in [6, 6.07) is 3.14. The van der Waals surface area contributed by atoms with Gasteiger partial charge in [-0.1, -0.05) is 13.8 Å². The summed E-state index contributed by atoms with van der Waals surface area (Å²) in [6.07, 6.45) is 8.11. The first-order chi connectivity index (χ1) is 15.1. The molecular weight excluding hydrogens is 408 g/mol. The molecule has 2 N–H and O–H groups in total. The van der Waals surface area contributed by atoms with E-state index in [4.69, 9.17) is 9.15 Å². The number of ether oxygens (including phenoxy) is 1. The molecule has 0 saturated heterocycles. The highest BCUT2D eigenvalue weighted by Gasteiger charge is 2.70. The Labute approximate surface area is 189 Å². The fraction of sp³-hybridized carbons (Fsp3) is 0.769. The summed E-state index contributed by atoms with van der Waals surface area (Å²) in [5.74, 6) is -0.0349. The van der Waals surface area contributed by atoms with Crippen LogP contribution in [0.15, 0.2) is 27.6 Å². The second-order valence-electron chi connectivity index (χ2n) is 11.5. The summed E-state index contributed by atoms with van der Waals surface area (Å²) in [5, 5.41) is 22.7. The average Bonchev–Trinajstić information content (AvgIpc) is 3.02. The molecule has 4 saturated carbocycles. The van der Waals surface area contributed by atoms with Crippen molar-refractivity contribution in [2.24, 2.45) is 34.5 Å². The molecule has 6 nitrogen and oxygen atoms in total. The van der Waals surface area contributed by atoms with Gasteiger partial charge in [-0.25, -0.2) is 4.79 Å². The highest BCUT2D eigenvalue weighted by Crippen LogP contribution is 2.71. The molecule has 0 aromatic carbocycles. The van der Waals surface area contributed by atoms with Gasteiger partial charge in [-0.05, 0) is 86.2 Å². The van der Waals surface area contributed by atoms with Crippen molar-refractivity contribution in [3.63, 3.8) is 0 Å². The van der Waals surface area contributed by atoms with Crippen LogP contribution in [-0.2, 0) is 9.53 Å². The molecule has 0 aliphatic heterocycles. The molecule has 32 heavy (non-hydrogen) atoms. The Morgan fingerprint density at radius 1 is 1.12 bits per heavy atom. The number of hydrogen-bond acceptors (Lipinski definition) is 6. The van der Waals surface area contributed by atoms with E-state index in [2.05, 4.69) is 13.8 Å². The Kier molecular flexibility index (Phi) is 5.14. The van der Waals surface area contributed by atoms with Gasteiger partial charge in [0.15, 0.2) is 0 Å². The molecule has 6 heteroatoms. The van der Waals surface area contributed by atoms with Crippen LogP contribution in [0.2, 0.25) is 0 Å². The Bertz CT molecular complexity index is 935. The van der Waals surface area contributed by atoms with Crippen LogP contribution in [0, 0.1) is 34.5 Å². The fourth-order valence-electron chi connectivity index (χ4n) is 8.80. The molecular formula is C26H36O6. The summed E-state index contributed by atoms with van der Waals surface area (Å²) in [7, 11) is 1.40. The summed E-state index contributed by atoms with van der Waals surface area (Å²) in [4.78, 5) is 24.5. The van der Waals surface area contributed by atoms with Crippen molar-refractivity contribution in [3.8, 4) is 0 Å². The van der Waals surface area contributed by atoms with Crippen LogP contribution in [0.5, 0.6) is 0 Å². The number of rotatable bonds is 2. The van der Waals surface area contributed by atoms with Crippen LogP contribution in [0.3, 0.4) is 0 Å². The molecule has 176 valence electrons. The summed E-state index contributed by atoms with van der Waals surface area (Å²) in [5.41, 5.74) is -1.00. The van der Waals surface area contributed by atoms with E-state index in [9.17, 15) is 19.8 Å². The van der Waals surface area contributed by atoms with Crippen molar-refractivity contribution in [1.82, 2.24) is 0 Å². The number of methoxy groups -OCH3 is 1. The standard InChI is InChI=1S/C26H36O6/c1-24-10-8-17(27)12-16(24)5-6-20-19(24)9-11-25(2)22(15-4-7-21(28)32-14-15)18(23(29)31-3)13-26(20,25)30/h4,7,14,16-20,22,27,30H,5-6,8-13H2,1-3H3/t16-,17-,18+,19-,20-,22+,24+,25-,26+/m1/s1. The number of esters is 1. The van der Waals surface area contributed by atoms with Gasteiger partial charge in [0.1, 0.15) is 0 Å². The van der Waals surface area contributed by atoms with Gasteiger partial charge in [-0.2, -0.15) is 0 Å². The van der Waals surface area contributed by atoms with Gasteiger partial charge < -0.3 is 19.4 Å². The first kappa shape index (κ1) is 22.1. The lowest BCUT2D eigenvalue weighted by Crippen LogP contribution is -2.62. The third-order valence-electron chi connectivity index (χ3n) is 10.4. The molecule has 9 atom stereocenters. The molecule has 4 aliphatic carbocycles. The minimum Gasteiger partial charge on any atom is -0.469 e. The largest absolute Gasteiger partial charge is 0.469 e. The quantitative estimate of drug-likeness (QED) is 0.676.